The number of benzene rings is 1. The van der Waals surface area contributed by atoms with Gasteiger partial charge in [-0.15, -0.1) is 0 Å². The van der Waals surface area contributed by atoms with Crippen molar-refractivity contribution in [2.45, 2.75) is 32.5 Å². The zero-order valence-electron chi connectivity index (χ0n) is 10.2. The molecule has 0 aliphatic carbocycles. The van der Waals surface area contributed by atoms with Crippen molar-refractivity contribution in [2.75, 3.05) is 12.0 Å². The van der Waals surface area contributed by atoms with Crippen LogP contribution < -0.4 is 5.32 Å². The van der Waals surface area contributed by atoms with Gasteiger partial charge in [-0.25, -0.2) is 0 Å². The van der Waals surface area contributed by atoms with Crippen molar-refractivity contribution in [3.63, 3.8) is 0 Å². The van der Waals surface area contributed by atoms with Gasteiger partial charge in [0.1, 0.15) is 0 Å². The van der Waals surface area contributed by atoms with Gasteiger partial charge in [0.25, 0.3) is 0 Å². The predicted octanol–water partition coefficient (Wildman–Crippen LogP) is 2.58. The van der Waals surface area contributed by atoms with Crippen molar-refractivity contribution in [1.82, 2.24) is 5.32 Å². The van der Waals surface area contributed by atoms with E-state index < -0.39 is 0 Å². The van der Waals surface area contributed by atoms with E-state index in [1.165, 1.54) is 5.56 Å². The number of aliphatic hydroxyl groups excluding tert-OH is 1. The Morgan fingerprint density at radius 3 is 2.75 bits per heavy atom. The molecule has 16 heavy (non-hydrogen) atoms. The molecule has 1 aromatic rings. The molecule has 0 saturated carbocycles. The average Bonchev–Trinajstić information content (AvgIpc) is 2.29. The summed E-state index contributed by atoms with van der Waals surface area (Å²) in [6.45, 7) is 4.47. The van der Waals surface area contributed by atoms with Crippen molar-refractivity contribution in [3.8, 4) is 0 Å². The monoisotopic (exact) mass is 239 g/mol. The molecule has 2 unspecified atom stereocenters. The Bertz CT molecular complexity index is 317. The molecule has 90 valence electrons. The summed E-state index contributed by atoms with van der Waals surface area (Å²) in [5, 5.41) is 12.6. The van der Waals surface area contributed by atoms with Crippen LogP contribution in [0.4, 0.5) is 0 Å². The van der Waals surface area contributed by atoms with E-state index in [1.54, 1.807) is 0 Å². The summed E-state index contributed by atoms with van der Waals surface area (Å²) in [6, 6.07) is 8.93. The molecule has 0 amide bonds. The summed E-state index contributed by atoms with van der Waals surface area (Å²) in [5.74, 6) is 1.12. The highest BCUT2D eigenvalue weighted by Crippen LogP contribution is 2.15. The smallest absolute Gasteiger partial charge is 0.0681 e. The normalized spacial score (nSPS) is 14.8. The highest BCUT2D eigenvalue weighted by molar-refractivity contribution is 7.98. The van der Waals surface area contributed by atoms with Crippen LogP contribution in [0.25, 0.3) is 0 Å². The van der Waals surface area contributed by atoms with Crippen molar-refractivity contribution in [2.24, 2.45) is 0 Å². The van der Waals surface area contributed by atoms with Crippen LogP contribution in [-0.4, -0.2) is 23.2 Å². The minimum absolute atomic E-state index is 0.112. The Labute approximate surface area is 102 Å². The molecule has 0 fully saturated rings. The SMILES string of the molecule is CSCC(C)NC(C)c1cccc(CO)c1. The van der Waals surface area contributed by atoms with E-state index in [2.05, 4.69) is 37.6 Å². The summed E-state index contributed by atoms with van der Waals surface area (Å²) < 4.78 is 0. The van der Waals surface area contributed by atoms with Gasteiger partial charge in [-0.1, -0.05) is 24.3 Å². The lowest BCUT2D eigenvalue weighted by Crippen LogP contribution is -2.30. The molecule has 0 radical (unpaired) electrons. The molecule has 0 aliphatic rings. The average molecular weight is 239 g/mol. The third kappa shape index (κ3) is 4.16. The van der Waals surface area contributed by atoms with Crippen LogP contribution in [0.1, 0.15) is 31.0 Å². The highest BCUT2D eigenvalue weighted by atomic mass is 32.2. The molecule has 0 heterocycles. The van der Waals surface area contributed by atoms with Crippen LogP contribution >= 0.6 is 11.8 Å². The second kappa shape index (κ2) is 6.94. The third-order valence-corrected chi connectivity index (χ3v) is 3.42. The van der Waals surface area contributed by atoms with Crippen molar-refractivity contribution < 1.29 is 5.11 Å². The Morgan fingerprint density at radius 2 is 2.12 bits per heavy atom. The standard InChI is InChI=1S/C13H21NOS/c1-10(9-16-3)14-11(2)13-6-4-5-12(7-13)8-15/h4-7,10-11,14-15H,8-9H2,1-3H3. The second-order valence-corrected chi connectivity index (χ2v) is 5.06. The molecule has 0 bridgehead atoms. The van der Waals surface area contributed by atoms with Crippen LogP contribution in [0.2, 0.25) is 0 Å². The maximum Gasteiger partial charge on any atom is 0.0681 e. The van der Waals surface area contributed by atoms with Gasteiger partial charge in [0, 0.05) is 17.8 Å². The number of hydrogen-bond donors (Lipinski definition) is 2. The van der Waals surface area contributed by atoms with E-state index >= 15 is 0 Å². The summed E-state index contributed by atoms with van der Waals surface area (Å²) in [4.78, 5) is 0. The molecular weight excluding hydrogens is 218 g/mol. The van der Waals surface area contributed by atoms with Crippen LogP contribution in [0.15, 0.2) is 24.3 Å². The molecule has 1 aromatic carbocycles. The van der Waals surface area contributed by atoms with Gasteiger partial charge in [-0.3, -0.25) is 0 Å². The zero-order chi connectivity index (χ0) is 12.0. The quantitative estimate of drug-likeness (QED) is 0.800. The molecule has 0 aromatic heterocycles. The Hall–Kier alpha value is -0.510. The summed E-state index contributed by atoms with van der Waals surface area (Å²) in [7, 11) is 0. The van der Waals surface area contributed by atoms with Gasteiger partial charge in [-0.2, -0.15) is 11.8 Å². The Kier molecular flexibility index (Phi) is 5.88. The van der Waals surface area contributed by atoms with Gasteiger partial charge < -0.3 is 10.4 Å². The third-order valence-electron chi connectivity index (χ3n) is 2.58. The summed E-state index contributed by atoms with van der Waals surface area (Å²) in [5.41, 5.74) is 2.21. The minimum atomic E-state index is 0.112. The minimum Gasteiger partial charge on any atom is -0.392 e. The molecule has 2 atom stereocenters. The number of thioether (sulfide) groups is 1. The first kappa shape index (κ1) is 13.6. The topological polar surface area (TPSA) is 32.3 Å². The molecule has 1 rings (SSSR count). The first-order valence-corrected chi connectivity index (χ1v) is 7.01. The van der Waals surface area contributed by atoms with E-state index in [4.69, 9.17) is 5.11 Å². The largest absolute Gasteiger partial charge is 0.392 e. The summed E-state index contributed by atoms with van der Waals surface area (Å²) in [6.07, 6.45) is 2.12. The van der Waals surface area contributed by atoms with E-state index in [0.29, 0.717) is 12.1 Å². The van der Waals surface area contributed by atoms with Gasteiger partial charge in [0.05, 0.1) is 6.61 Å². The lowest BCUT2D eigenvalue weighted by Gasteiger charge is -2.20. The molecule has 0 spiro atoms. The molecule has 2 nitrogen and oxygen atoms in total. The zero-order valence-corrected chi connectivity index (χ0v) is 11.1. The van der Waals surface area contributed by atoms with Crippen LogP contribution in [0, 0.1) is 0 Å². The lowest BCUT2D eigenvalue weighted by molar-refractivity contribution is 0.281. The van der Waals surface area contributed by atoms with Crippen LogP contribution in [0.3, 0.4) is 0 Å². The number of aliphatic hydroxyl groups is 1. The fraction of sp³-hybridized carbons (Fsp3) is 0.538. The molecule has 0 aliphatic heterocycles. The van der Waals surface area contributed by atoms with Crippen molar-refractivity contribution in [1.29, 1.82) is 0 Å². The van der Waals surface area contributed by atoms with Gasteiger partial charge >= 0.3 is 0 Å². The fourth-order valence-corrected chi connectivity index (χ4v) is 2.38. The van der Waals surface area contributed by atoms with Crippen molar-refractivity contribution in [3.05, 3.63) is 35.4 Å². The summed E-state index contributed by atoms with van der Waals surface area (Å²) >= 11 is 1.85. The first-order valence-electron chi connectivity index (χ1n) is 5.62. The van der Waals surface area contributed by atoms with Gasteiger partial charge in [0.15, 0.2) is 0 Å². The lowest BCUT2D eigenvalue weighted by atomic mass is 10.0. The molecular formula is C13H21NOS. The molecule has 0 saturated heterocycles. The van der Waals surface area contributed by atoms with Crippen LogP contribution in [-0.2, 0) is 6.61 Å². The molecule has 2 N–H and O–H groups in total. The van der Waals surface area contributed by atoms with Crippen LogP contribution in [0.5, 0.6) is 0 Å². The predicted molar refractivity (Wildman–Crippen MR) is 71.8 cm³/mol. The van der Waals surface area contributed by atoms with E-state index in [-0.39, 0.29) is 6.61 Å². The maximum atomic E-state index is 9.09. The van der Waals surface area contributed by atoms with E-state index in [9.17, 15) is 0 Å². The first-order chi connectivity index (χ1) is 7.67. The highest BCUT2D eigenvalue weighted by Gasteiger charge is 2.09. The fourth-order valence-electron chi connectivity index (χ4n) is 1.78. The van der Waals surface area contributed by atoms with E-state index in [0.717, 1.165) is 11.3 Å². The van der Waals surface area contributed by atoms with Crippen molar-refractivity contribution >= 4 is 11.8 Å². The Morgan fingerprint density at radius 1 is 1.38 bits per heavy atom. The molecule has 3 heteroatoms. The number of rotatable bonds is 6. The number of nitrogens with one attached hydrogen (secondary N) is 1. The second-order valence-electron chi connectivity index (χ2n) is 4.15. The number of hydrogen-bond acceptors (Lipinski definition) is 3. The Balaban J connectivity index is 2.61. The maximum absolute atomic E-state index is 9.09. The van der Waals surface area contributed by atoms with Gasteiger partial charge in [-0.05, 0) is 31.2 Å². The van der Waals surface area contributed by atoms with Gasteiger partial charge in [0.2, 0.25) is 0 Å². The van der Waals surface area contributed by atoms with E-state index in [1.807, 2.05) is 23.9 Å².